The molecule has 1 aromatic heterocycles. The lowest BCUT2D eigenvalue weighted by Crippen LogP contribution is -2.28. The van der Waals surface area contributed by atoms with Gasteiger partial charge in [-0.25, -0.2) is 0 Å². The number of nitriles is 1. The first-order valence-electron chi connectivity index (χ1n) is 7.71. The number of aromatic amines is 1. The number of likely N-dealkylation sites (tertiary alicyclic amines) is 1. The predicted octanol–water partition coefficient (Wildman–Crippen LogP) is 2.22. The Labute approximate surface area is 124 Å². The Morgan fingerprint density at radius 2 is 2.24 bits per heavy atom. The number of fused-ring (bicyclic) bond motifs is 1. The van der Waals surface area contributed by atoms with Gasteiger partial charge >= 0.3 is 0 Å². The van der Waals surface area contributed by atoms with E-state index in [0.29, 0.717) is 11.1 Å². The molecule has 4 heteroatoms. The second kappa shape index (κ2) is 4.87. The monoisotopic (exact) mass is 280 g/mol. The molecule has 2 saturated heterocycles. The van der Waals surface area contributed by atoms with Gasteiger partial charge in [0.25, 0.3) is 0 Å². The summed E-state index contributed by atoms with van der Waals surface area (Å²) in [4.78, 5) is 5.70. The lowest BCUT2D eigenvalue weighted by Gasteiger charge is -2.22. The van der Waals surface area contributed by atoms with Crippen molar-refractivity contribution in [3.05, 3.63) is 35.5 Å². The van der Waals surface area contributed by atoms with Gasteiger partial charge in [-0.2, -0.15) is 5.26 Å². The SMILES string of the molecule is N#Cc1cc2cc(CN3CCC4(CCNC4)C3)ccc2[nH]1. The summed E-state index contributed by atoms with van der Waals surface area (Å²) in [5.41, 5.74) is 3.56. The molecule has 4 rings (SSSR count). The zero-order valence-corrected chi connectivity index (χ0v) is 12.2. The maximum atomic E-state index is 8.96. The van der Waals surface area contributed by atoms with Crippen LogP contribution in [-0.2, 0) is 6.54 Å². The quantitative estimate of drug-likeness (QED) is 0.887. The van der Waals surface area contributed by atoms with Crippen LogP contribution in [0.15, 0.2) is 24.3 Å². The van der Waals surface area contributed by atoms with Crippen LogP contribution in [0.1, 0.15) is 24.1 Å². The van der Waals surface area contributed by atoms with Crippen LogP contribution < -0.4 is 5.32 Å². The minimum atomic E-state index is 0.534. The van der Waals surface area contributed by atoms with Crippen molar-refractivity contribution in [2.75, 3.05) is 26.2 Å². The largest absolute Gasteiger partial charge is 0.346 e. The molecular formula is C17H20N4. The third kappa shape index (κ3) is 2.33. The van der Waals surface area contributed by atoms with Gasteiger partial charge in [0, 0.05) is 30.5 Å². The van der Waals surface area contributed by atoms with Gasteiger partial charge in [0.15, 0.2) is 0 Å². The third-order valence-electron chi connectivity index (χ3n) is 5.06. The lowest BCUT2D eigenvalue weighted by atomic mass is 9.86. The van der Waals surface area contributed by atoms with E-state index in [2.05, 4.69) is 39.5 Å². The van der Waals surface area contributed by atoms with E-state index in [4.69, 9.17) is 5.26 Å². The van der Waals surface area contributed by atoms with Gasteiger partial charge in [-0.1, -0.05) is 6.07 Å². The molecule has 0 bridgehead atoms. The van der Waals surface area contributed by atoms with Crippen molar-refractivity contribution in [3.8, 4) is 6.07 Å². The standard InChI is InChI=1S/C17H20N4/c18-9-15-8-14-7-13(1-2-16(14)20-15)10-21-6-4-17(12-21)3-5-19-11-17/h1-2,7-8,19-20H,3-6,10-12H2. The van der Waals surface area contributed by atoms with Crippen LogP contribution in [0.25, 0.3) is 10.9 Å². The first kappa shape index (κ1) is 12.9. The Balaban J connectivity index is 1.51. The van der Waals surface area contributed by atoms with Gasteiger partial charge in [-0.15, -0.1) is 0 Å². The third-order valence-corrected chi connectivity index (χ3v) is 5.06. The number of nitrogens with one attached hydrogen (secondary N) is 2. The highest BCUT2D eigenvalue weighted by Gasteiger charge is 2.39. The molecule has 1 aromatic carbocycles. The normalized spacial score (nSPS) is 25.9. The molecule has 1 atom stereocenters. The summed E-state index contributed by atoms with van der Waals surface area (Å²) in [6.45, 7) is 5.81. The summed E-state index contributed by atoms with van der Waals surface area (Å²) in [5, 5.41) is 13.6. The average molecular weight is 280 g/mol. The molecule has 2 aromatic rings. The van der Waals surface area contributed by atoms with Gasteiger partial charge in [-0.05, 0) is 55.1 Å². The first-order chi connectivity index (χ1) is 10.3. The van der Waals surface area contributed by atoms with Crippen LogP contribution in [-0.4, -0.2) is 36.1 Å². The summed E-state index contributed by atoms with van der Waals surface area (Å²) in [7, 11) is 0. The molecule has 3 heterocycles. The smallest absolute Gasteiger partial charge is 0.118 e. The van der Waals surface area contributed by atoms with E-state index >= 15 is 0 Å². The van der Waals surface area contributed by atoms with Crippen LogP contribution in [0.5, 0.6) is 0 Å². The average Bonchev–Trinajstić information content (AvgIpc) is 3.20. The highest BCUT2D eigenvalue weighted by molar-refractivity contribution is 5.81. The Hall–Kier alpha value is -1.83. The molecule has 0 radical (unpaired) electrons. The molecule has 0 aliphatic carbocycles. The fraction of sp³-hybridized carbons (Fsp3) is 0.471. The number of hydrogen-bond donors (Lipinski definition) is 2. The summed E-state index contributed by atoms with van der Waals surface area (Å²) in [6, 6.07) is 10.6. The minimum absolute atomic E-state index is 0.534. The second-order valence-corrected chi connectivity index (χ2v) is 6.60. The van der Waals surface area contributed by atoms with Crippen molar-refractivity contribution in [1.29, 1.82) is 5.26 Å². The van der Waals surface area contributed by atoms with Crippen LogP contribution in [0.3, 0.4) is 0 Å². The summed E-state index contributed by atoms with van der Waals surface area (Å²) in [5.74, 6) is 0. The van der Waals surface area contributed by atoms with Gasteiger partial charge in [-0.3, -0.25) is 4.90 Å². The van der Waals surface area contributed by atoms with Crippen LogP contribution in [0.2, 0.25) is 0 Å². The van der Waals surface area contributed by atoms with E-state index in [9.17, 15) is 0 Å². The van der Waals surface area contributed by atoms with E-state index < -0.39 is 0 Å². The van der Waals surface area contributed by atoms with Crippen LogP contribution in [0, 0.1) is 16.7 Å². The maximum absolute atomic E-state index is 8.96. The van der Waals surface area contributed by atoms with Gasteiger partial charge in [0.05, 0.1) is 0 Å². The zero-order chi connectivity index (χ0) is 14.3. The molecule has 2 aliphatic heterocycles. The molecule has 1 unspecified atom stereocenters. The Kier molecular flexibility index (Phi) is 2.99. The fourth-order valence-electron chi connectivity index (χ4n) is 3.91. The van der Waals surface area contributed by atoms with E-state index in [1.807, 2.05) is 6.07 Å². The molecule has 2 fully saturated rings. The topological polar surface area (TPSA) is 54.9 Å². The zero-order valence-electron chi connectivity index (χ0n) is 12.2. The van der Waals surface area contributed by atoms with Gasteiger partial charge in [0.1, 0.15) is 11.8 Å². The minimum Gasteiger partial charge on any atom is -0.346 e. The second-order valence-electron chi connectivity index (χ2n) is 6.60. The molecule has 0 saturated carbocycles. The molecule has 1 spiro atoms. The number of rotatable bonds is 2. The van der Waals surface area contributed by atoms with Crippen molar-refractivity contribution in [3.63, 3.8) is 0 Å². The first-order valence-corrected chi connectivity index (χ1v) is 7.71. The van der Waals surface area contributed by atoms with Crippen molar-refractivity contribution in [2.45, 2.75) is 19.4 Å². The molecular weight excluding hydrogens is 260 g/mol. The summed E-state index contributed by atoms with van der Waals surface area (Å²) < 4.78 is 0. The number of hydrogen-bond acceptors (Lipinski definition) is 3. The molecule has 0 amide bonds. The Bertz CT molecular complexity index is 703. The Morgan fingerprint density at radius 1 is 1.29 bits per heavy atom. The highest BCUT2D eigenvalue weighted by Crippen LogP contribution is 2.36. The number of H-pyrrole nitrogens is 1. The molecule has 2 N–H and O–H groups in total. The van der Waals surface area contributed by atoms with Crippen molar-refractivity contribution in [1.82, 2.24) is 15.2 Å². The summed E-state index contributed by atoms with van der Waals surface area (Å²) >= 11 is 0. The van der Waals surface area contributed by atoms with Crippen molar-refractivity contribution >= 4 is 10.9 Å². The lowest BCUT2D eigenvalue weighted by molar-refractivity contribution is 0.269. The molecule has 2 aliphatic rings. The number of benzene rings is 1. The number of aromatic nitrogens is 1. The van der Waals surface area contributed by atoms with Crippen LogP contribution >= 0.6 is 0 Å². The van der Waals surface area contributed by atoms with E-state index in [1.165, 1.54) is 44.6 Å². The van der Waals surface area contributed by atoms with Crippen LogP contribution in [0.4, 0.5) is 0 Å². The molecule has 21 heavy (non-hydrogen) atoms. The molecule has 4 nitrogen and oxygen atoms in total. The van der Waals surface area contributed by atoms with Crippen molar-refractivity contribution in [2.24, 2.45) is 5.41 Å². The van der Waals surface area contributed by atoms with E-state index in [-0.39, 0.29) is 0 Å². The van der Waals surface area contributed by atoms with E-state index in [0.717, 1.165) is 17.4 Å². The maximum Gasteiger partial charge on any atom is 0.118 e. The number of nitrogens with zero attached hydrogens (tertiary/aromatic N) is 2. The van der Waals surface area contributed by atoms with Gasteiger partial charge in [0.2, 0.25) is 0 Å². The fourth-order valence-corrected chi connectivity index (χ4v) is 3.91. The Morgan fingerprint density at radius 3 is 3.05 bits per heavy atom. The summed E-state index contributed by atoms with van der Waals surface area (Å²) in [6.07, 6.45) is 2.65. The van der Waals surface area contributed by atoms with Gasteiger partial charge < -0.3 is 10.3 Å². The van der Waals surface area contributed by atoms with E-state index in [1.54, 1.807) is 0 Å². The highest BCUT2D eigenvalue weighted by atomic mass is 15.2. The van der Waals surface area contributed by atoms with Crippen molar-refractivity contribution < 1.29 is 0 Å². The predicted molar refractivity (Wildman–Crippen MR) is 82.8 cm³/mol. The molecule has 108 valence electrons.